The molecule has 0 N–H and O–H groups in total. The lowest BCUT2D eigenvalue weighted by atomic mass is 10.1. The molecular weight excluding hydrogens is 306 g/mol. The monoisotopic (exact) mass is 323 g/mol. The molecule has 1 amide bonds. The summed E-state index contributed by atoms with van der Waals surface area (Å²) in [6.45, 7) is 0.858. The van der Waals surface area contributed by atoms with Gasteiger partial charge in [-0.05, 0) is 29.8 Å². The lowest BCUT2D eigenvalue weighted by molar-refractivity contribution is -0.139. The Morgan fingerprint density at radius 2 is 1.83 bits per heavy atom. The van der Waals surface area contributed by atoms with Crippen LogP contribution in [-0.2, 0) is 16.1 Å². The molecule has 5 nitrogen and oxygen atoms in total. The molecule has 0 saturated carbocycles. The number of amides is 1. The highest BCUT2D eigenvalue weighted by atomic mass is 16.5. The molecule has 0 bridgehead atoms. The van der Waals surface area contributed by atoms with Gasteiger partial charge in [-0.15, -0.1) is 0 Å². The van der Waals surface area contributed by atoms with Crippen molar-refractivity contribution in [2.24, 2.45) is 5.92 Å². The van der Waals surface area contributed by atoms with Crippen LogP contribution in [-0.4, -0.2) is 29.6 Å². The standard InChI is InChI=1S/C19H17NO4/c21-13-15-6-8-17(9-7-15)24-19(23)16-10-18(22)20(12-16)11-14-4-2-1-3-5-14/h1-9,13,16H,10-12H2/t16-/m0/s1. The SMILES string of the molecule is O=Cc1ccc(OC(=O)[C@H]2CC(=O)N(Cc3ccccc3)C2)cc1. The van der Waals surface area contributed by atoms with Crippen LogP contribution >= 0.6 is 0 Å². The summed E-state index contributed by atoms with van der Waals surface area (Å²) in [4.78, 5) is 36.6. The molecule has 0 aromatic heterocycles. The smallest absolute Gasteiger partial charge is 0.316 e. The Kier molecular flexibility index (Phi) is 4.70. The molecule has 24 heavy (non-hydrogen) atoms. The fourth-order valence-corrected chi connectivity index (χ4v) is 2.70. The van der Waals surface area contributed by atoms with E-state index in [0.29, 0.717) is 24.4 Å². The zero-order chi connectivity index (χ0) is 16.9. The third-order valence-corrected chi connectivity index (χ3v) is 4.00. The fraction of sp³-hybridized carbons (Fsp3) is 0.211. The third-order valence-electron chi connectivity index (χ3n) is 4.00. The van der Waals surface area contributed by atoms with Gasteiger partial charge in [-0.2, -0.15) is 0 Å². The predicted molar refractivity (Wildman–Crippen MR) is 87.4 cm³/mol. The number of aldehydes is 1. The molecule has 5 heteroatoms. The van der Waals surface area contributed by atoms with Gasteiger partial charge in [0, 0.05) is 25.1 Å². The zero-order valence-electron chi connectivity index (χ0n) is 13.1. The molecule has 0 radical (unpaired) electrons. The van der Waals surface area contributed by atoms with Gasteiger partial charge in [-0.1, -0.05) is 30.3 Å². The van der Waals surface area contributed by atoms with Crippen LogP contribution in [0.5, 0.6) is 5.75 Å². The first kappa shape index (κ1) is 15.9. The van der Waals surface area contributed by atoms with Crippen molar-refractivity contribution in [2.45, 2.75) is 13.0 Å². The first-order chi connectivity index (χ1) is 11.7. The Labute approximate surface area is 139 Å². The molecule has 1 fully saturated rings. The van der Waals surface area contributed by atoms with Crippen molar-refractivity contribution in [3.8, 4) is 5.75 Å². The van der Waals surface area contributed by atoms with Crippen molar-refractivity contribution >= 4 is 18.2 Å². The highest BCUT2D eigenvalue weighted by molar-refractivity contribution is 5.87. The summed E-state index contributed by atoms with van der Waals surface area (Å²) < 4.78 is 5.31. The van der Waals surface area contributed by atoms with E-state index < -0.39 is 11.9 Å². The largest absolute Gasteiger partial charge is 0.426 e. The first-order valence-corrected chi connectivity index (χ1v) is 7.74. The summed E-state index contributed by atoms with van der Waals surface area (Å²) in [6, 6.07) is 16.0. The molecule has 0 unspecified atom stereocenters. The maximum absolute atomic E-state index is 12.2. The quantitative estimate of drug-likeness (QED) is 0.482. The minimum atomic E-state index is -0.466. The second-order valence-electron chi connectivity index (χ2n) is 5.77. The van der Waals surface area contributed by atoms with Crippen molar-refractivity contribution in [3.05, 3.63) is 65.7 Å². The molecule has 122 valence electrons. The van der Waals surface area contributed by atoms with E-state index in [0.717, 1.165) is 11.8 Å². The summed E-state index contributed by atoms with van der Waals surface area (Å²) in [5.74, 6) is -0.554. The van der Waals surface area contributed by atoms with Crippen LogP contribution in [0.25, 0.3) is 0 Å². The van der Waals surface area contributed by atoms with Gasteiger partial charge in [0.15, 0.2) is 0 Å². The summed E-state index contributed by atoms with van der Waals surface area (Å²) in [6.07, 6.45) is 0.890. The minimum Gasteiger partial charge on any atom is -0.426 e. The first-order valence-electron chi connectivity index (χ1n) is 7.74. The minimum absolute atomic E-state index is 0.0443. The maximum Gasteiger partial charge on any atom is 0.316 e. The van der Waals surface area contributed by atoms with Crippen LogP contribution in [0.3, 0.4) is 0 Å². The Hall–Kier alpha value is -2.95. The average Bonchev–Trinajstić information content (AvgIpc) is 2.97. The molecule has 0 aliphatic carbocycles. The van der Waals surface area contributed by atoms with Crippen molar-refractivity contribution < 1.29 is 19.1 Å². The van der Waals surface area contributed by atoms with Crippen LogP contribution in [0.2, 0.25) is 0 Å². The number of hydrogen-bond donors (Lipinski definition) is 0. The van der Waals surface area contributed by atoms with Gasteiger partial charge in [0.05, 0.1) is 5.92 Å². The van der Waals surface area contributed by atoms with Crippen molar-refractivity contribution in [1.29, 1.82) is 0 Å². The van der Waals surface area contributed by atoms with Gasteiger partial charge in [0.1, 0.15) is 12.0 Å². The predicted octanol–water partition coefficient (Wildman–Crippen LogP) is 2.45. The van der Waals surface area contributed by atoms with Gasteiger partial charge in [-0.3, -0.25) is 14.4 Å². The normalized spacial score (nSPS) is 16.9. The van der Waals surface area contributed by atoms with E-state index in [1.54, 1.807) is 29.2 Å². The van der Waals surface area contributed by atoms with Gasteiger partial charge in [0.2, 0.25) is 5.91 Å². The zero-order valence-corrected chi connectivity index (χ0v) is 13.1. The summed E-state index contributed by atoms with van der Waals surface area (Å²) in [7, 11) is 0. The Balaban J connectivity index is 1.60. The van der Waals surface area contributed by atoms with Gasteiger partial charge in [-0.25, -0.2) is 0 Å². The average molecular weight is 323 g/mol. The van der Waals surface area contributed by atoms with E-state index in [4.69, 9.17) is 4.74 Å². The van der Waals surface area contributed by atoms with Crippen LogP contribution < -0.4 is 4.74 Å². The van der Waals surface area contributed by atoms with Gasteiger partial charge >= 0.3 is 5.97 Å². The molecule has 2 aromatic rings. The van der Waals surface area contributed by atoms with E-state index >= 15 is 0 Å². The van der Waals surface area contributed by atoms with Crippen molar-refractivity contribution in [1.82, 2.24) is 4.90 Å². The third kappa shape index (κ3) is 3.68. The van der Waals surface area contributed by atoms with E-state index in [-0.39, 0.29) is 12.3 Å². The van der Waals surface area contributed by atoms with E-state index in [1.165, 1.54) is 0 Å². The van der Waals surface area contributed by atoms with Gasteiger partial charge in [0.25, 0.3) is 0 Å². The second kappa shape index (κ2) is 7.08. The fourth-order valence-electron chi connectivity index (χ4n) is 2.70. The maximum atomic E-state index is 12.2. The molecular formula is C19H17NO4. The summed E-state index contributed by atoms with van der Waals surface area (Å²) >= 11 is 0. The number of carbonyl (C=O) groups is 3. The number of esters is 1. The molecule has 1 saturated heterocycles. The molecule has 1 aliphatic rings. The van der Waals surface area contributed by atoms with E-state index in [2.05, 4.69) is 0 Å². The number of ether oxygens (including phenoxy) is 1. The van der Waals surface area contributed by atoms with Crippen LogP contribution in [0.15, 0.2) is 54.6 Å². The second-order valence-corrected chi connectivity index (χ2v) is 5.77. The van der Waals surface area contributed by atoms with E-state index in [1.807, 2.05) is 30.3 Å². The van der Waals surface area contributed by atoms with Crippen LogP contribution in [0, 0.1) is 5.92 Å². The number of benzene rings is 2. The Morgan fingerprint density at radius 3 is 2.50 bits per heavy atom. The lowest BCUT2D eigenvalue weighted by Crippen LogP contribution is -2.27. The van der Waals surface area contributed by atoms with Crippen molar-refractivity contribution in [2.75, 3.05) is 6.54 Å². The van der Waals surface area contributed by atoms with Crippen LogP contribution in [0.1, 0.15) is 22.3 Å². The van der Waals surface area contributed by atoms with E-state index in [9.17, 15) is 14.4 Å². The van der Waals surface area contributed by atoms with Gasteiger partial charge < -0.3 is 9.64 Å². The Bertz CT molecular complexity index is 740. The molecule has 1 aliphatic heterocycles. The molecule has 3 rings (SSSR count). The topological polar surface area (TPSA) is 63.7 Å². The number of nitrogens with zero attached hydrogens (tertiary/aromatic N) is 1. The molecule has 2 aromatic carbocycles. The highest BCUT2D eigenvalue weighted by Crippen LogP contribution is 2.23. The summed E-state index contributed by atoms with van der Waals surface area (Å²) in [5, 5.41) is 0. The molecule has 0 spiro atoms. The number of rotatable bonds is 5. The Morgan fingerprint density at radius 1 is 1.12 bits per heavy atom. The van der Waals surface area contributed by atoms with Crippen LogP contribution in [0.4, 0.5) is 0 Å². The molecule has 1 heterocycles. The number of hydrogen-bond acceptors (Lipinski definition) is 4. The lowest BCUT2D eigenvalue weighted by Gasteiger charge is -2.16. The molecule has 1 atom stereocenters. The highest BCUT2D eigenvalue weighted by Gasteiger charge is 2.35. The van der Waals surface area contributed by atoms with Crippen molar-refractivity contribution in [3.63, 3.8) is 0 Å². The number of likely N-dealkylation sites (tertiary alicyclic amines) is 1. The summed E-state index contributed by atoms with van der Waals surface area (Å²) in [5.41, 5.74) is 1.55. The number of carbonyl (C=O) groups excluding carboxylic acids is 3.